The molecule has 1 aromatic rings. The molecular weight excluding hydrogens is 244 g/mol. The molecule has 3 nitrogen and oxygen atoms in total. The molecule has 0 saturated heterocycles. The van der Waals surface area contributed by atoms with E-state index in [0.29, 0.717) is 0 Å². The van der Waals surface area contributed by atoms with E-state index < -0.39 is 0 Å². The molecule has 0 aliphatic rings. The van der Waals surface area contributed by atoms with Crippen molar-refractivity contribution in [3.8, 4) is 0 Å². The fraction of sp³-hybridized carbons (Fsp3) is 0.545. The highest BCUT2D eigenvalue weighted by molar-refractivity contribution is 7.16. The molecule has 0 aromatic carbocycles. The van der Waals surface area contributed by atoms with Gasteiger partial charge in [0.1, 0.15) is 0 Å². The lowest BCUT2D eigenvalue weighted by Gasteiger charge is -2.16. The molecule has 2 N–H and O–H groups in total. The monoisotopic (exact) mass is 260 g/mol. The largest absolute Gasteiger partial charge is 0.336 e. The van der Waals surface area contributed by atoms with Crippen LogP contribution in [0, 0.1) is 0 Å². The van der Waals surface area contributed by atoms with Crippen molar-refractivity contribution in [2.75, 3.05) is 0 Å². The van der Waals surface area contributed by atoms with E-state index in [0.717, 1.165) is 15.6 Å². The minimum atomic E-state index is -0.133. The van der Waals surface area contributed by atoms with Gasteiger partial charge in [0.05, 0.1) is 10.4 Å². The first kappa shape index (κ1) is 13.3. The summed E-state index contributed by atoms with van der Waals surface area (Å²) in [5.74, 6) is 0. The van der Waals surface area contributed by atoms with E-state index in [-0.39, 0.29) is 18.1 Å². The number of hydrogen-bond acceptors (Lipinski definition) is 2. The average Bonchev–Trinajstić information content (AvgIpc) is 2.64. The number of carbonyl (C=O) groups excluding carboxylic acids is 1. The number of urea groups is 1. The average molecular weight is 261 g/mol. The Morgan fingerprint density at radius 2 is 2.12 bits per heavy atom. The van der Waals surface area contributed by atoms with Gasteiger partial charge in [-0.3, -0.25) is 0 Å². The first-order chi connectivity index (χ1) is 7.52. The zero-order valence-electron chi connectivity index (χ0n) is 9.71. The highest BCUT2D eigenvalue weighted by atomic mass is 35.5. The van der Waals surface area contributed by atoms with Gasteiger partial charge in [0.2, 0.25) is 0 Å². The standard InChI is InChI=1S/C11H17ClN2OS/c1-4-7(2)13-11(15)14-8(3)9-5-6-10(12)16-9/h5-8H,4H2,1-3H3,(H2,13,14,15)/t7-,8-/m1/s1. The molecular formula is C11H17ClN2OS. The van der Waals surface area contributed by atoms with Crippen LogP contribution in [0.4, 0.5) is 4.79 Å². The fourth-order valence-corrected chi connectivity index (χ4v) is 2.26. The lowest BCUT2D eigenvalue weighted by Crippen LogP contribution is -2.41. The number of rotatable bonds is 4. The predicted molar refractivity (Wildman–Crippen MR) is 69.2 cm³/mol. The summed E-state index contributed by atoms with van der Waals surface area (Å²) in [5.41, 5.74) is 0. The van der Waals surface area contributed by atoms with Crippen molar-refractivity contribution >= 4 is 29.0 Å². The zero-order chi connectivity index (χ0) is 12.1. The third-order valence-electron chi connectivity index (χ3n) is 2.36. The molecule has 1 aromatic heterocycles. The van der Waals surface area contributed by atoms with E-state index in [1.807, 2.05) is 32.9 Å². The van der Waals surface area contributed by atoms with Crippen LogP contribution in [0.3, 0.4) is 0 Å². The van der Waals surface area contributed by atoms with Crippen LogP contribution in [0.1, 0.15) is 38.1 Å². The molecule has 0 bridgehead atoms. The highest BCUT2D eigenvalue weighted by Gasteiger charge is 2.12. The van der Waals surface area contributed by atoms with Crippen molar-refractivity contribution in [3.05, 3.63) is 21.3 Å². The summed E-state index contributed by atoms with van der Waals surface area (Å²) in [4.78, 5) is 12.6. The van der Waals surface area contributed by atoms with Gasteiger partial charge in [-0.05, 0) is 32.4 Å². The molecule has 2 amide bonds. The summed E-state index contributed by atoms with van der Waals surface area (Å²) >= 11 is 7.32. The molecule has 0 spiro atoms. The fourth-order valence-electron chi connectivity index (χ4n) is 1.20. The molecule has 0 aliphatic heterocycles. The van der Waals surface area contributed by atoms with Crippen molar-refractivity contribution in [2.24, 2.45) is 0 Å². The van der Waals surface area contributed by atoms with E-state index in [4.69, 9.17) is 11.6 Å². The van der Waals surface area contributed by atoms with Gasteiger partial charge < -0.3 is 10.6 Å². The third kappa shape index (κ3) is 4.02. The van der Waals surface area contributed by atoms with Crippen LogP contribution in [0.25, 0.3) is 0 Å². The van der Waals surface area contributed by atoms with Crippen molar-refractivity contribution < 1.29 is 4.79 Å². The van der Waals surface area contributed by atoms with Crippen molar-refractivity contribution in [2.45, 2.75) is 39.3 Å². The minimum Gasteiger partial charge on any atom is -0.336 e. The summed E-state index contributed by atoms with van der Waals surface area (Å²) in [6.07, 6.45) is 0.923. The number of thiophene rings is 1. The first-order valence-corrected chi connectivity index (χ1v) is 6.54. The lowest BCUT2D eigenvalue weighted by atomic mass is 10.2. The molecule has 0 radical (unpaired) electrons. The molecule has 5 heteroatoms. The van der Waals surface area contributed by atoms with Gasteiger partial charge in [-0.15, -0.1) is 11.3 Å². The van der Waals surface area contributed by atoms with Gasteiger partial charge in [0, 0.05) is 10.9 Å². The zero-order valence-corrected chi connectivity index (χ0v) is 11.3. The Morgan fingerprint density at radius 1 is 1.44 bits per heavy atom. The van der Waals surface area contributed by atoms with Crippen LogP contribution >= 0.6 is 22.9 Å². The smallest absolute Gasteiger partial charge is 0.315 e. The minimum absolute atomic E-state index is 0.0124. The van der Waals surface area contributed by atoms with Gasteiger partial charge in [-0.25, -0.2) is 4.79 Å². The van der Waals surface area contributed by atoms with Crippen LogP contribution in [0.5, 0.6) is 0 Å². The van der Waals surface area contributed by atoms with Crippen LogP contribution < -0.4 is 10.6 Å². The molecule has 0 unspecified atom stereocenters. The highest BCUT2D eigenvalue weighted by Crippen LogP contribution is 2.26. The molecule has 16 heavy (non-hydrogen) atoms. The summed E-state index contributed by atoms with van der Waals surface area (Å²) in [6.45, 7) is 5.96. The Kier molecular flexibility index (Phi) is 5.09. The normalized spacial score (nSPS) is 14.2. The van der Waals surface area contributed by atoms with E-state index in [2.05, 4.69) is 10.6 Å². The molecule has 1 heterocycles. The molecule has 0 aliphatic carbocycles. The van der Waals surface area contributed by atoms with Gasteiger partial charge in [0.25, 0.3) is 0 Å². The predicted octanol–water partition coefficient (Wildman–Crippen LogP) is 3.56. The number of carbonyl (C=O) groups is 1. The number of amides is 2. The SMILES string of the molecule is CC[C@@H](C)NC(=O)N[C@H](C)c1ccc(Cl)s1. The second-order valence-corrected chi connectivity index (χ2v) is 5.54. The van der Waals surface area contributed by atoms with Gasteiger partial charge in [-0.2, -0.15) is 0 Å². The van der Waals surface area contributed by atoms with Crippen LogP contribution in [-0.2, 0) is 0 Å². The summed E-state index contributed by atoms with van der Waals surface area (Å²) in [6, 6.07) is 3.82. The van der Waals surface area contributed by atoms with E-state index >= 15 is 0 Å². The number of hydrogen-bond donors (Lipinski definition) is 2. The Morgan fingerprint density at radius 3 is 2.62 bits per heavy atom. The number of nitrogens with one attached hydrogen (secondary N) is 2. The lowest BCUT2D eigenvalue weighted by molar-refractivity contribution is 0.234. The maximum Gasteiger partial charge on any atom is 0.315 e. The van der Waals surface area contributed by atoms with Crippen molar-refractivity contribution in [1.82, 2.24) is 10.6 Å². The Balaban J connectivity index is 2.45. The Hall–Kier alpha value is -0.740. The topological polar surface area (TPSA) is 41.1 Å². The second kappa shape index (κ2) is 6.11. The molecule has 90 valence electrons. The molecule has 1 rings (SSSR count). The quantitative estimate of drug-likeness (QED) is 0.854. The van der Waals surface area contributed by atoms with E-state index in [1.54, 1.807) is 0 Å². The van der Waals surface area contributed by atoms with Crippen LogP contribution in [0.15, 0.2) is 12.1 Å². The maximum absolute atomic E-state index is 11.6. The van der Waals surface area contributed by atoms with E-state index in [1.165, 1.54) is 11.3 Å². The number of halogens is 1. The Labute approximate surface area is 105 Å². The molecule has 0 saturated carbocycles. The molecule has 0 fully saturated rings. The van der Waals surface area contributed by atoms with Gasteiger partial charge in [0.15, 0.2) is 0 Å². The van der Waals surface area contributed by atoms with Crippen LogP contribution in [0.2, 0.25) is 4.34 Å². The summed E-state index contributed by atoms with van der Waals surface area (Å²) in [5, 5.41) is 5.74. The van der Waals surface area contributed by atoms with Gasteiger partial charge in [-0.1, -0.05) is 18.5 Å². The second-order valence-electron chi connectivity index (χ2n) is 3.79. The third-order valence-corrected chi connectivity index (χ3v) is 3.77. The van der Waals surface area contributed by atoms with Crippen molar-refractivity contribution in [1.29, 1.82) is 0 Å². The maximum atomic E-state index is 11.6. The van der Waals surface area contributed by atoms with E-state index in [9.17, 15) is 4.79 Å². The van der Waals surface area contributed by atoms with Gasteiger partial charge >= 0.3 is 6.03 Å². The summed E-state index contributed by atoms with van der Waals surface area (Å²) in [7, 11) is 0. The van der Waals surface area contributed by atoms with Crippen molar-refractivity contribution in [3.63, 3.8) is 0 Å². The molecule has 2 atom stereocenters. The summed E-state index contributed by atoms with van der Waals surface area (Å²) < 4.78 is 0.742. The first-order valence-electron chi connectivity index (χ1n) is 5.35. The Bertz CT molecular complexity index is 354. The van der Waals surface area contributed by atoms with Crippen LogP contribution in [-0.4, -0.2) is 12.1 Å².